The van der Waals surface area contributed by atoms with Crippen LogP contribution in [0.4, 0.5) is 0 Å². The zero-order chi connectivity index (χ0) is 22.7. The van der Waals surface area contributed by atoms with E-state index in [0.717, 1.165) is 30.6 Å². The summed E-state index contributed by atoms with van der Waals surface area (Å²) in [6.07, 6.45) is 14.6. The molecular formula is C30H50O. The largest absolute Gasteiger partial charge is 0.299 e. The summed E-state index contributed by atoms with van der Waals surface area (Å²) >= 11 is 0. The molecular weight excluding hydrogens is 376 g/mol. The highest BCUT2D eigenvalue weighted by Gasteiger charge is 2.71. The number of ketones is 1. The van der Waals surface area contributed by atoms with Gasteiger partial charge in [-0.25, -0.2) is 0 Å². The molecule has 0 aromatic carbocycles. The van der Waals surface area contributed by atoms with Crippen LogP contribution in [-0.4, -0.2) is 5.78 Å². The van der Waals surface area contributed by atoms with Crippen molar-refractivity contribution >= 4 is 5.78 Å². The summed E-state index contributed by atoms with van der Waals surface area (Å²) in [7, 11) is 0. The smallest absolute Gasteiger partial charge is 0.136 e. The summed E-state index contributed by atoms with van der Waals surface area (Å²) in [6.45, 7) is 20.7. The lowest BCUT2D eigenvalue weighted by Gasteiger charge is -2.75. The quantitative estimate of drug-likeness (QED) is 0.379. The summed E-state index contributed by atoms with van der Waals surface area (Å²) in [5.74, 6) is 3.34. The second-order valence-electron chi connectivity index (χ2n) is 15.2. The second kappa shape index (κ2) is 6.41. The fraction of sp³-hybridized carbons (Fsp3) is 0.967. The van der Waals surface area contributed by atoms with Crippen LogP contribution in [0.3, 0.4) is 0 Å². The minimum atomic E-state index is 0.225. The topological polar surface area (TPSA) is 17.1 Å². The molecule has 0 heterocycles. The Morgan fingerprint density at radius 3 is 2.10 bits per heavy atom. The Morgan fingerprint density at radius 2 is 1.39 bits per heavy atom. The first-order chi connectivity index (χ1) is 14.2. The molecule has 5 saturated carbocycles. The van der Waals surface area contributed by atoms with Gasteiger partial charge in [0.1, 0.15) is 5.78 Å². The summed E-state index contributed by atoms with van der Waals surface area (Å²) in [5.41, 5.74) is 2.59. The molecule has 31 heavy (non-hydrogen) atoms. The standard InChI is InChI=1S/C30H50O/c1-20-23(31)9-10-24-27(20,5)16-18-30(8)28(6)17-15-26(4)14-13-25(2,3)19-22(26)21(28)11-12-29(24,30)7/h20-22,24H,9-19H2,1-8H3/t20-,21-,22-,24+,26+,27+,28-,29-,30+/m0/s1. The Bertz CT molecular complexity index is 781. The lowest BCUT2D eigenvalue weighted by atomic mass is 9.29. The van der Waals surface area contributed by atoms with E-state index in [1.807, 2.05) is 0 Å². The summed E-state index contributed by atoms with van der Waals surface area (Å²) < 4.78 is 0. The maximum Gasteiger partial charge on any atom is 0.136 e. The van der Waals surface area contributed by atoms with Gasteiger partial charge in [0.2, 0.25) is 0 Å². The number of fused-ring (bicyclic) bond motifs is 7. The zero-order valence-electron chi connectivity index (χ0n) is 22.0. The average molecular weight is 427 g/mol. The van der Waals surface area contributed by atoms with Crippen LogP contribution < -0.4 is 0 Å². The van der Waals surface area contributed by atoms with Crippen molar-refractivity contribution in [1.29, 1.82) is 0 Å². The van der Waals surface area contributed by atoms with Crippen molar-refractivity contribution in [2.45, 2.75) is 126 Å². The van der Waals surface area contributed by atoms with Crippen LogP contribution in [-0.2, 0) is 4.79 Å². The van der Waals surface area contributed by atoms with E-state index >= 15 is 0 Å². The molecule has 0 radical (unpaired) electrons. The molecule has 176 valence electrons. The first kappa shape index (κ1) is 22.5. The van der Waals surface area contributed by atoms with Gasteiger partial charge in [0.05, 0.1) is 0 Å². The van der Waals surface area contributed by atoms with E-state index in [1.165, 1.54) is 57.8 Å². The summed E-state index contributed by atoms with van der Waals surface area (Å²) in [6, 6.07) is 0. The summed E-state index contributed by atoms with van der Waals surface area (Å²) in [5, 5.41) is 0. The molecule has 0 spiro atoms. The molecule has 0 N–H and O–H groups in total. The molecule has 5 aliphatic carbocycles. The van der Waals surface area contributed by atoms with E-state index in [0.29, 0.717) is 32.9 Å². The maximum atomic E-state index is 12.7. The SMILES string of the molecule is C[C@H]1C(=O)CC[C@@H]2[C@]1(C)CC[C@@]1(C)[C@@]2(C)CC[C@H]2[C@@H]3CC(C)(C)CC[C@]3(C)CC[C@@]21C. The van der Waals surface area contributed by atoms with Gasteiger partial charge in [0.25, 0.3) is 0 Å². The molecule has 9 atom stereocenters. The molecule has 5 aliphatic rings. The lowest BCUT2D eigenvalue weighted by molar-refractivity contribution is -0.265. The van der Waals surface area contributed by atoms with Crippen molar-refractivity contribution in [2.75, 3.05) is 0 Å². The highest BCUT2D eigenvalue weighted by atomic mass is 16.1. The van der Waals surface area contributed by atoms with Crippen LogP contribution in [0.1, 0.15) is 126 Å². The molecule has 0 saturated heterocycles. The van der Waals surface area contributed by atoms with E-state index in [-0.39, 0.29) is 11.3 Å². The lowest BCUT2D eigenvalue weighted by Crippen LogP contribution is -2.68. The monoisotopic (exact) mass is 426 g/mol. The van der Waals surface area contributed by atoms with E-state index in [9.17, 15) is 4.79 Å². The van der Waals surface area contributed by atoms with Crippen molar-refractivity contribution in [1.82, 2.24) is 0 Å². The Labute approximate surface area is 192 Å². The third-order valence-electron chi connectivity index (χ3n) is 13.9. The number of Topliss-reactive ketones (excluding diaryl/α,β-unsaturated/α-hetero) is 1. The highest BCUT2D eigenvalue weighted by molar-refractivity contribution is 5.82. The number of carbonyl (C=O) groups is 1. The van der Waals surface area contributed by atoms with Gasteiger partial charge in [-0.1, -0.05) is 55.4 Å². The van der Waals surface area contributed by atoms with Crippen LogP contribution in [0, 0.1) is 56.2 Å². The zero-order valence-corrected chi connectivity index (χ0v) is 22.0. The molecule has 0 aromatic heterocycles. The Morgan fingerprint density at radius 1 is 0.710 bits per heavy atom. The van der Waals surface area contributed by atoms with Gasteiger partial charge >= 0.3 is 0 Å². The number of carbonyl (C=O) groups excluding carboxylic acids is 1. The van der Waals surface area contributed by atoms with Gasteiger partial charge in [0.15, 0.2) is 0 Å². The molecule has 0 bridgehead atoms. The van der Waals surface area contributed by atoms with Crippen molar-refractivity contribution < 1.29 is 4.79 Å². The minimum Gasteiger partial charge on any atom is -0.299 e. The first-order valence-corrected chi connectivity index (χ1v) is 13.8. The fourth-order valence-corrected chi connectivity index (χ4v) is 11.0. The predicted octanol–water partition coefficient (Wildman–Crippen LogP) is 8.46. The molecule has 1 nitrogen and oxygen atoms in total. The van der Waals surface area contributed by atoms with Crippen LogP contribution in [0.2, 0.25) is 0 Å². The van der Waals surface area contributed by atoms with Crippen LogP contribution in [0.15, 0.2) is 0 Å². The van der Waals surface area contributed by atoms with Gasteiger partial charge in [0, 0.05) is 12.3 Å². The van der Waals surface area contributed by atoms with E-state index in [2.05, 4.69) is 55.4 Å². The molecule has 0 aromatic rings. The van der Waals surface area contributed by atoms with E-state index in [1.54, 1.807) is 0 Å². The first-order valence-electron chi connectivity index (χ1n) is 13.8. The number of hydrogen-bond donors (Lipinski definition) is 0. The Balaban J connectivity index is 1.55. The van der Waals surface area contributed by atoms with Gasteiger partial charge in [-0.3, -0.25) is 4.79 Å². The Kier molecular flexibility index (Phi) is 4.65. The van der Waals surface area contributed by atoms with Gasteiger partial charge in [-0.05, 0) is 114 Å². The molecule has 5 fully saturated rings. The molecule has 1 heteroatoms. The summed E-state index contributed by atoms with van der Waals surface area (Å²) in [4.78, 5) is 12.7. The third-order valence-corrected chi connectivity index (χ3v) is 13.9. The number of hydrogen-bond acceptors (Lipinski definition) is 1. The van der Waals surface area contributed by atoms with E-state index in [4.69, 9.17) is 0 Å². The van der Waals surface area contributed by atoms with Gasteiger partial charge in [-0.15, -0.1) is 0 Å². The molecule has 0 unspecified atom stereocenters. The average Bonchev–Trinajstić information content (AvgIpc) is 2.69. The van der Waals surface area contributed by atoms with Crippen LogP contribution >= 0.6 is 0 Å². The van der Waals surface area contributed by atoms with Crippen LogP contribution in [0.25, 0.3) is 0 Å². The minimum absolute atomic E-state index is 0.225. The molecule has 0 aliphatic heterocycles. The van der Waals surface area contributed by atoms with Gasteiger partial charge in [-0.2, -0.15) is 0 Å². The van der Waals surface area contributed by atoms with Crippen molar-refractivity contribution in [3.8, 4) is 0 Å². The molecule has 0 amide bonds. The van der Waals surface area contributed by atoms with Gasteiger partial charge < -0.3 is 0 Å². The van der Waals surface area contributed by atoms with Crippen molar-refractivity contribution in [3.05, 3.63) is 0 Å². The fourth-order valence-electron chi connectivity index (χ4n) is 11.0. The predicted molar refractivity (Wildman–Crippen MR) is 130 cm³/mol. The Hall–Kier alpha value is -0.330. The van der Waals surface area contributed by atoms with E-state index < -0.39 is 0 Å². The van der Waals surface area contributed by atoms with Crippen molar-refractivity contribution in [3.63, 3.8) is 0 Å². The molecule has 5 rings (SSSR count). The second-order valence-corrected chi connectivity index (χ2v) is 15.2. The van der Waals surface area contributed by atoms with Crippen molar-refractivity contribution in [2.24, 2.45) is 56.2 Å². The highest BCUT2D eigenvalue weighted by Crippen LogP contribution is 2.79. The van der Waals surface area contributed by atoms with Crippen LogP contribution in [0.5, 0.6) is 0 Å². The normalized spacial score (nSPS) is 58.5. The third kappa shape index (κ3) is 2.65. The number of rotatable bonds is 0. The maximum absolute atomic E-state index is 12.7.